The van der Waals surface area contributed by atoms with Crippen LogP contribution < -0.4 is 14.8 Å². The van der Waals surface area contributed by atoms with E-state index >= 15 is 0 Å². The Kier molecular flexibility index (Phi) is 4.71. The molecule has 128 valence electrons. The van der Waals surface area contributed by atoms with Gasteiger partial charge in [0.05, 0.1) is 18.4 Å². The molecule has 1 aromatic heterocycles. The molecule has 0 radical (unpaired) electrons. The Morgan fingerprint density at radius 2 is 2.12 bits per heavy atom. The number of nitrogens with one attached hydrogen (secondary N) is 1. The lowest BCUT2D eigenvalue weighted by Gasteiger charge is -2.09. The molecule has 0 saturated heterocycles. The van der Waals surface area contributed by atoms with Crippen molar-refractivity contribution in [3.05, 3.63) is 29.5 Å². The van der Waals surface area contributed by atoms with Gasteiger partial charge in [0.2, 0.25) is 6.79 Å². The number of aryl methyl sites for hydroxylation is 1. The monoisotopic (exact) mass is 332 g/mol. The molecule has 2 aromatic rings. The van der Waals surface area contributed by atoms with Gasteiger partial charge in [-0.15, -0.1) is 0 Å². The number of carbonyl (C=O) groups is 1. The highest BCUT2D eigenvalue weighted by molar-refractivity contribution is 6.00. The predicted molar refractivity (Wildman–Crippen MR) is 86.2 cm³/mol. The fourth-order valence-corrected chi connectivity index (χ4v) is 2.42. The fraction of sp³-hybridized carbons (Fsp3) is 0.412. The second-order valence-electron chi connectivity index (χ2n) is 5.72. The van der Waals surface area contributed by atoms with Crippen molar-refractivity contribution in [2.24, 2.45) is 0 Å². The second-order valence-corrected chi connectivity index (χ2v) is 5.72. The summed E-state index contributed by atoms with van der Waals surface area (Å²) in [4.78, 5) is 12.5. The highest BCUT2D eigenvalue weighted by atomic mass is 16.7. The molecule has 0 bridgehead atoms. The van der Waals surface area contributed by atoms with Gasteiger partial charge in [-0.05, 0) is 39.0 Å². The minimum atomic E-state index is -0.242. The average molecular weight is 332 g/mol. The molecule has 1 amide bonds. The Labute approximate surface area is 139 Å². The first kappa shape index (κ1) is 16.3. The molecular weight excluding hydrogens is 312 g/mol. The van der Waals surface area contributed by atoms with Gasteiger partial charge in [-0.3, -0.25) is 4.79 Å². The Morgan fingerprint density at radius 1 is 1.33 bits per heavy atom. The molecule has 1 aliphatic rings. The standard InChI is InChI=1S/C17H20N2O5/c1-10(2)21-7-6-18-17(20)15-11(3)19-24-16(15)12-4-5-13-14(8-12)23-9-22-13/h4-5,8,10H,6-7,9H2,1-3H3,(H,18,20). The maximum absolute atomic E-state index is 12.5. The topological polar surface area (TPSA) is 82.8 Å². The lowest BCUT2D eigenvalue weighted by atomic mass is 10.1. The third kappa shape index (κ3) is 3.35. The molecule has 0 saturated carbocycles. The van der Waals surface area contributed by atoms with Crippen molar-refractivity contribution in [1.82, 2.24) is 10.5 Å². The van der Waals surface area contributed by atoms with Crippen LogP contribution in [0.4, 0.5) is 0 Å². The summed E-state index contributed by atoms with van der Waals surface area (Å²) in [5.74, 6) is 1.46. The smallest absolute Gasteiger partial charge is 0.257 e. The summed E-state index contributed by atoms with van der Waals surface area (Å²) in [7, 11) is 0. The molecular formula is C17H20N2O5. The molecule has 0 spiro atoms. The van der Waals surface area contributed by atoms with Crippen molar-refractivity contribution in [2.75, 3.05) is 19.9 Å². The second kappa shape index (κ2) is 6.92. The first-order chi connectivity index (χ1) is 11.6. The van der Waals surface area contributed by atoms with Crippen LogP contribution in [-0.2, 0) is 4.74 Å². The van der Waals surface area contributed by atoms with Gasteiger partial charge in [-0.1, -0.05) is 5.16 Å². The van der Waals surface area contributed by atoms with Crippen LogP contribution in [0.1, 0.15) is 29.9 Å². The maximum Gasteiger partial charge on any atom is 0.257 e. The maximum atomic E-state index is 12.5. The van der Waals surface area contributed by atoms with Crippen molar-refractivity contribution in [3.8, 4) is 22.8 Å². The number of hydrogen-bond acceptors (Lipinski definition) is 6. The van der Waals surface area contributed by atoms with Gasteiger partial charge < -0.3 is 24.1 Å². The average Bonchev–Trinajstić information content (AvgIpc) is 3.16. The predicted octanol–water partition coefficient (Wildman–Crippen LogP) is 2.53. The molecule has 0 unspecified atom stereocenters. The van der Waals surface area contributed by atoms with E-state index in [9.17, 15) is 4.79 Å². The molecule has 1 N–H and O–H groups in total. The van der Waals surface area contributed by atoms with E-state index in [0.717, 1.165) is 0 Å². The van der Waals surface area contributed by atoms with Crippen molar-refractivity contribution in [2.45, 2.75) is 26.9 Å². The molecule has 1 aromatic carbocycles. The van der Waals surface area contributed by atoms with Crippen molar-refractivity contribution in [1.29, 1.82) is 0 Å². The first-order valence-corrected chi connectivity index (χ1v) is 7.82. The Balaban J connectivity index is 1.77. The SMILES string of the molecule is Cc1noc(-c2ccc3c(c2)OCO3)c1C(=O)NCCOC(C)C. The third-order valence-electron chi connectivity index (χ3n) is 3.56. The van der Waals surface area contributed by atoms with Gasteiger partial charge in [0.15, 0.2) is 17.3 Å². The molecule has 0 aliphatic carbocycles. The summed E-state index contributed by atoms with van der Waals surface area (Å²) < 4.78 is 21.5. The lowest BCUT2D eigenvalue weighted by Crippen LogP contribution is -2.28. The van der Waals surface area contributed by atoms with E-state index < -0.39 is 0 Å². The van der Waals surface area contributed by atoms with Crippen LogP contribution in [0, 0.1) is 6.92 Å². The van der Waals surface area contributed by atoms with Gasteiger partial charge in [0.1, 0.15) is 5.56 Å². The normalized spacial score (nSPS) is 12.7. The van der Waals surface area contributed by atoms with E-state index in [-0.39, 0.29) is 18.8 Å². The fourth-order valence-electron chi connectivity index (χ4n) is 2.42. The summed E-state index contributed by atoms with van der Waals surface area (Å²) in [5, 5.41) is 6.75. The van der Waals surface area contributed by atoms with Gasteiger partial charge in [0.25, 0.3) is 5.91 Å². The van der Waals surface area contributed by atoms with Crippen LogP contribution in [0.25, 0.3) is 11.3 Å². The minimum Gasteiger partial charge on any atom is -0.454 e. The van der Waals surface area contributed by atoms with Gasteiger partial charge in [-0.25, -0.2) is 0 Å². The molecule has 7 nitrogen and oxygen atoms in total. The Hall–Kier alpha value is -2.54. The van der Waals surface area contributed by atoms with E-state index in [2.05, 4.69) is 10.5 Å². The first-order valence-electron chi connectivity index (χ1n) is 7.82. The van der Waals surface area contributed by atoms with Crippen molar-refractivity contribution in [3.63, 3.8) is 0 Å². The Morgan fingerprint density at radius 3 is 2.92 bits per heavy atom. The Bertz CT molecular complexity index is 739. The van der Waals surface area contributed by atoms with E-state index in [1.165, 1.54) is 0 Å². The molecule has 1 aliphatic heterocycles. The van der Waals surface area contributed by atoms with Gasteiger partial charge >= 0.3 is 0 Å². The van der Waals surface area contributed by atoms with E-state index in [4.69, 9.17) is 18.7 Å². The number of benzene rings is 1. The summed E-state index contributed by atoms with van der Waals surface area (Å²) in [5.41, 5.74) is 1.66. The van der Waals surface area contributed by atoms with E-state index in [1.807, 2.05) is 19.9 Å². The number of nitrogens with zero attached hydrogens (tertiary/aromatic N) is 1. The lowest BCUT2D eigenvalue weighted by molar-refractivity contribution is 0.0746. The number of rotatable bonds is 6. The van der Waals surface area contributed by atoms with Crippen LogP contribution in [0.15, 0.2) is 22.7 Å². The molecule has 0 fully saturated rings. The number of ether oxygens (including phenoxy) is 3. The zero-order valence-corrected chi connectivity index (χ0v) is 13.9. The summed E-state index contributed by atoms with van der Waals surface area (Å²) >= 11 is 0. The molecule has 3 rings (SSSR count). The third-order valence-corrected chi connectivity index (χ3v) is 3.56. The van der Waals surface area contributed by atoms with Crippen molar-refractivity contribution < 1.29 is 23.5 Å². The van der Waals surface area contributed by atoms with Crippen LogP contribution in [0.3, 0.4) is 0 Å². The van der Waals surface area contributed by atoms with E-state index in [1.54, 1.807) is 19.1 Å². The highest BCUT2D eigenvalue weighted by Crippen LogP contribution is 2.37. The summed E-state index contributed by atoms with van der Waals surface area (Å²) in [6.45, 7) is 6.69. The largest absolute Gasteiger partial charge is 0.454 e. The van der Waals surface area contributed by atoms with Gasteiger partial charge in [-0.2, -0.15) is 0 Å². The van der Waals surface area contributed by atoms with Crippen LogP contribution >= 0.6 is 0 Å². The molecule has 7 heteroatoms. The van der Waals surface area contributed by atoms with E-state index in [0.29, 0.717) is 47.2 Å². The number of amides is 1. The zero-order valence-electron chi connectivity index (χ0n) is 13.9. The van der Waals surface area contributed by atoms with Crippen LogP contribution in [-0.4, -0.2) is 37.1 Å². The minimum absolute atomic E-state index is 0.128. The molecule has 24 heavy (non-hydrogen) atoms. The highest BCUT2D eigenvalue weighted by Gasteiger charge is 2.23. The van der Waals surface area contributed by atoms with Crippen LogP contribution in [0.5, 0.6) is 11.5 Å². The van der Waals surface area contributed by atoms with Crippen LogP contribution in [0.2, 0.25) is 0 Å². The molecule has 0 atom stereocenters. The number of carbonyl (C=O) groups excluding carboxylic acids is 1. The quantitative estimate of drug-likeness (QED) is 0.819. The number of fused-ring (bicyclic) bond motifs is 1. The summed E-state index contributed by atoms with van der Waals surface area (Å²) in [6, 6.07) is 5.38. The van der Waals surface area contributed by atoms with Gasteiger partial charge in [0, 0.05) is 12.1 Å². The number of aromatic nitrogens is 1. The number of hydrogen-bond donors (Lipinski definition) is 1. The van der Waals surface area contributed by atoms with Crippen molar-refractivity contribution >= 4 is 5.91 Å². The summed E-state index contributed by atoms with van der Waals surface area (Å²) in [6.07, 6.45) is 0.128. The molecule has 2 heterocycles. The zero-order chi connectivity index (χ0) is 17.1.